The Morgan fingerprint density at radius 2 is 2.05 bits per heavy atom. The first-order chi connectivity index (χ1) is 10.9. The maximum atomic E-state index is 5.39. The molecule has 1 unspecified atom stereocenters. The molecular weight excluding hydrogens is 272 g/mol. The number of nitrogens with zero attached hydrogens (tertiary/aromatic N) is 1. The molecule has 1 N–H and O–H groups in total. The van der Waals surface area contributed by atoms with Crippen molar-refractivity contribution in [1.82, 2.24) is 10.2 Å². The van der Waals surface area contributed by atoms with Crippen LogP contribution in [0.4, 0.5) is 0 Å². The average Bonchev–Trinajstić information content (AvgIpc) is 3.08. The molecule has 2 aromatic rings. The second-order valence-corrected chi connectivity index (χ2v) is 6.19. The van der Waals surface area contributed by atoms with Gasteiger partial charge in [-0.05, 0) is 56.5 Å². The molecule has 0 aliphatic carbocycles. The van der Waals surface area contributed by atoms with Crippen LogP contribution >= 0.6 is 0 Å². The Morgan fingerprint density at radius 1 is 1.14 bits per heavy atom. The molecule has 3 nitrogen and oxygen atoms in total. The SMILES string of the molecule is c1ccc(CCCN2CCCC(NCc3ccco3)C2)cc1. The summed E-state index contributed by atoms with van der Waals surface area (Å²) >= 11 is 0. The Bertz CT molecular complexity index is 524. The summed E-state index contributed by atoms with van der Waals surface area (Å²) in [6.45, 7) is 4.45. The fraction of sp³-hybridized carbons (Fsp3) is 0.474. The van der Waals surface area contributed by atoms with E-state index in [4.69, 9.17) is 4.42 Å². The van der Waals surface area contributed by atoms with E-state index in [1.807, 2.05) is 12.1 Å². The van der Waals surface area contributed by atoms with E-state index in [1.54, 1.807) is 6.26 Å². The maximum Gasteiger partial charge on any atom is 0.117 e. The fourth-order valence-corrected chi connectivity index (χ4v) is 3.23. The summed E-state index contributed by atoms with van der Waals surface area (Å²) in [7, 11) is 0. The zero-order chi connectivity index (χ0) is 15.0. The quantitative estimate of drug-likeness (QED) is 0.848. The van der Waals surface area contributed by atoms with Gasteiger partial charge in [0.25, 0.3) is 0 Å². The average molecular weight is 298 g/mol. The van der Waals surface area contributed by atoms with E-state index in [1.165, 1.54) is 44.3 Å². The van der Waals surface area contributed by atoms with E-state index < -0.39 is 0 Å². The van der Waals surface area contributed by atoms with Crippen molar-refractivity contribution in [2.75, 3.05) is 19.6 Å². The number of benzene rings is 1. The number of piperidine rings is 1. The van der Waals surface area contributed by atoms with Gasteiger partial charge in [0.1, 0.15) is 5.76 Å². The monoisotopic (exact) mass is 298 g/mol. The van der Waals surface area contributed by atoms with Crippen LogP contribution in [0.25, 0.3) is 0 Å². The van der Waals surface area contributed by atoms with Gasteiger partial charge in [-0.15, -0.1) is 0 Å². The lowest BCUT2D eigenvalue weighted by Gasteiger charge is -2.33. The second kappa shape index (κ2) is 8.16. The van der Waals surface area contributed by atoms with Crippen molar-refractivity contribution in [3.05, 3.63) is 60.1 Å². The Morgan fingerprint density at radius 3 is 2.86 bits per heavy atom. The summed E-state index contributed by atoms with van der Waals surface area (Å²) in [6, 6.07) is 15.4. The van der Waals surface area contributed by atoms with Gasteiger partial charge in [0.15, 0.2) is 0 Å². The number of hydrogen-bond donors (Lipinski definition) is 1. The lowest BCUT2D eigenvalue weighted by atomic mass is 10.0. The fourth-order valence-electron chi connectivity index (χ4n) is 3.23. The molecule has 2 heterocycles. The van der Waals surface area contributed by atoms with E-state index in [0.29, 0.717) is 6.04 Å². The van der Waals surface area contributed by atoms with Gasteiger partial charge < -0.3 is 14.6 Å². The predicted molar refractivity (Wildman–Crippen MR) is 89.8 cm³/mol. The molecule has 1 saturated heterocycles. The zero-order valence-corrected chi connectivity index (χ0v) is 13.2. The van der Waals surface area contributed by atoms with Crippen molar-refractivity contribution in [3.8, 4) is 0 Å². The molecule has 1 aromatic carbocycles. The van der Waals surface area contributed by atoms with Crippen LogP contribution in [0.3, 0.4) is 0 Å². The molecule has 1 aliphatic heterocycles. The Labute approximate surface area is 133 Å². The van der Waals surface area contributed by atoms with Crippen molar-refractivity contribution >= 4 is 0 Å². The largest absolute Gasteiger partial charge is 0.468 e. The number of likely N-dealkylation sites (tertiary alicyclic amines) is 1. The molecule has 0 bridgehead atoms. The van der Waals surface area contributed by atoms with Gasteiger partial charge >= 0.3 is 0 Å². The van der Waals surface area contributed by atoms with Gasteiger partial charge in [-0.25, -0.2) is 0 Å². The highest BCUT2D eigenvalue weighted by Gasteiger charge is 2.19. The molecule has 118 valence electrons. The van der Waals surface area contributed by atoms with E-state index in [2.05, 4.69) is 40.5 Å². The number of hydrogen-bond acceptors (Lipinski definition) is 3. The maximum absolute atomic E-state index is 5.39. The molecular formula is C19H26N2O. The number of nitrogens with one attached hydrogen (secondary N) is 1. The van der Waals surface area contributed by atoms with Crippen molar-refractivity contribution < 1.29 is 4.42 Å². The van der Waals surface area contributed by atoms with Crippen LogP contribution in [0.1, 0.15) is 30.6 Å². The minimum absolute atomic E-state index is 0.593. The van der Waals surface area contributed by atoms with E-state index in [-0.39, 0.29) is 0 Å². The third kappa shape index (κ3) is 4.72. The summed E-state index contributed by atoms with van der Waals surface area (Å²) in [5.74, 6) is 1.03. The summed E-state index contributed by atoms with van der Waals surface area (Å²) < 4.78 is 5.39. The molecule has 0 saturated carbocycles. The lowest BCUT2D eigenvalue weighted by Crippen LogP contribution is -2.45. The van der Waals surface area contributed by atoms with Gasteiger partial charge in [0, 0.05) is 12.6 Å². The second-order valence-electron chi connectivity index (χ2n) is 6.19. The smallest absolute Gasteiger partial charge is 0.117 e. The minimum atomic E-state index is 0.593. The highest BCUT2D eigenvalue weighted by molar-refractivity contribution is 5.14. The van der Waals surface area contributed by atoms with Crippen LogP contribution < -0.4 is 5.32 Å². The molecule has 1 aromatic heterocycles. The number of rotatable bonds is 7. The first-order valence-corrected chi connectivity index (χ1v) is 8.42. The Hall–Kier alpha value is -1.58. The van der Waals surface area contributed by atoms with E-state index >= 15 is 0 Å². The first kappa shape index (κ1) is 15.3. The highest BCUT2D eigenvalue weighted by Crippen LogP contribution is 2.12. The van der Waals surface area contributed by atoms with E-state index in [9.17, 15) is 0 Å². The predicted octanol–water partition coefficient (Wildman–Crippen LogP) is 3.47. The Kier molecular flexibility index (Phi) is 5.68. The highest BCUT2D eigenvalue weighted by atomic mass is 16.3. The molecule has 0 spiro atoms. The van der Waals surface area contributed by atoms with Gasteiger partial charge in [-0.3, -0.25) is 0 Å². The standard InChI is InChI=1S/C19H26N2O/c1-2-7-17(8-3-1)9-4-12-21-13-5-10-18(16-21)20-15-19-11-6-14-22-19/h1-3,6-8,11,14,18,20H,4-5,9-10,12-13,15-16H2. The topological polar surface area (TPSA) is 28.4 Å². The normalized spacial score (nSPS) is 19.4. The van der Waals surface area contributed by atoms with Gasteiger partial charge in [0.05, 0.1) is 12.8 Å². The van der Waals surface area contributed by atoms with Crippen molar-refractivity contribution in [3.63, 3.8) is 0 Å². The van der Waals surface area contributed by atoms with Crippen LogP contribution in [-0.2, 0) is 13.0 Å². The molecule has 1 fully saturated rings. The molecule has 3 heteroatoms. The Balaban J connectivity index is 1.37. The molecule has 0 radical (unpaired) electrons. The zero-order valence-electron chi connectivity index (χ0n) is 13.2. The summed E-state index contributed by atoms with van der Waals surface area (Å²) in [6.07, 6.45) is 6.74. The summed E-state index contributed by atoms with van der Waals surface area (Å²) in [5.41, 5.74) is 1.45. The third-order valence-corrected chi connectivity index (χ3v) is 4.43. The summed E-state index contributed by atoms with van der Waals surface area (Å²) in [5, 5.41) is 3.63. The van der Waals surface area contributed by atoms with Crippen molar-refractivity contribution in [2.24, 2.45) is 0 Å². The van der Waals surface area contributed by atoms with Crippen molar-refractivity contribution in [1.29, 1.82) is 0 Å². The van der Waals surface area contributed by atoms with E-state index in [0.717, 1.165) is 18.8 Å². The van der Waals surface area contributed by atoms with Crippen molar-refractivity contribution in [2.45, 2.75) is 38.3 Å². The molecule has 22 heavy (non-hydrogen) atoms. The molecule has 1 atom stereocenters. The lowest BCUT2D eigenvalue weighted by molar-refractivity contribution is 0.186. The number of furan rings is 1. The van der Waals surface area contributed by atoms with Crippen LogP contribution in [0.15, 0.2) is 53.1 Å². The van der Waals surface area contributed by atoms with Gasteiger partial charge in [-0.2, -0.15) is 0 Å². The third-order valence-electron chi connectivity index (χ3n) is 4.43. The van der Waals surface area contributed by atoms with Crippen LogP contribution in [-0.4, -0.2) is 30.6 Å². The van der Waals surface area contributed by atoms with Crippen LogP contribution in [0.5, 0.6) is 0 Å². The first-order valence-electron chi connectivity index (χ1n) is 8.42. The molecule has 3 rings (SSSR count). The van der Waals surface area contributed by atoms with Crippen LogP contribution in [0, 0.1) is 0 Å². The minimum Gasteiger partial charge on any atom is -0.468 e. The molecule has 1 aliphatic rings. The summed E-state index contributed by atoms with van der Waals surface area (Å²) in [4.78, 5) is 2.60. The van der Waals surface area contributed by atoms with Crippen LogP contribution in [0.2, 0.25) is 0 Å². The van der Waals surface area contributed by atoms with Gasteiger partial charge in [-0.1, -0.05) is 30.3 Å². The van der Waals surface area contributed by atoms with Gasteiger partial charge in [0.2, 0.25) is 0 Å². The molecule has 0 amide bonds. The number of aryl methyl sites for hydroxylation is 1.